The number of nitrogens with one attached hydrogen (secondary N) is 1. The van der Waals surface area contributed by atoms with Crippen molar-refractivity contribution in [3.8, 4) is 0 Å². The largest absolute Gasteiger partial charge is 0.381 e. The van der Waals surface area contributed by atoms with Gasteiger partial charge in [0.1, 0.15) is 0 Å². The number of carbonyl (C=O) groups excluding carboxylic acids is 1. The molecule has 8 heteroatoms. The molecule has 0 spiro atoms. The standard InChI is InChI=1S/C18H25N3O4S/c22-18(8-13-2-1-5-19-9-13)20-16-12-26(23,24)17-11-21(10-15(16)17)14-3-6-25-7-4-14/h1-2,5,9,14-17H,3-4,6-8,10-12H2,(H,20,22)/t15-,16+,17-/m0/s1. The Bertz CT molecular complexity index is 749. The number of fused-ring (bicyclic) bond motifs is 1. The number of hydrogen-bond acceptors (Lipinski definition) is 6. The van der Waals surface area contributed by atoms with E-state index in [2.05, 4.69) is 15.2 Å². The van der Waals surface area contributed by atoms with Crippen LogP contribution in [0.3, 0.4) is 0 Å². The number of ether oxygens (including phenoxy) is 1. The van der Waals surface area contributed by atoms with E-state index in [1.54, 1.807) is 18.5 Å². The molecule has 26 heavy (non-hydrogen) atoms. The van der Waals surface area contributed by atoms with Crippen molar-refractivity contribution < 1.29 is 17.9 Å². The lowest BCUT2D eigenvalue weighted by atomic mass is 10.00. The molecule has 1 N–H and O–H groups in total. The van der Waals surface area contributed by atoms with Crippen molar-refractivity contribution in [3.63, 3.8) is 0 Å². The third-order valence-corrected chi connectivity index (χ3v) is 8.11. The molecule has 0 unspecified atom stereocenters. The Hall–Kier alpha value is -1.51. The van der Waals surface area contributed by atoms with Gasteiger partial charge in [-0.05, 0) is 24.5 Å². The topological polar surface area (TPSA) is 88.6 Å². The van der Waals surface area contributed by atoms with Crippen LogP contribution in [0, 0.1) is 5.92 Å². The summed E-state index contributed by atoms with van der Waals surface area (Å²) in [6.45, 7) is 2.82. The first-order valence-corrected chi connectivity index (χ1v) is 11.0. The summed E-state index contributed by atoms with van der Waals surface area (Å²) in [6, 6.07) is 3.75. The Morgan fingerprint density at radius 3 is 2.85 bits per heavy atom. The van der Waals surface area contributed by atoms with Gasteiger partial charge < -0.3 is 10.1 Å². The maximum atomic E-state index is 12.6. The van der Waals surface area contributed by atoms with Gasteiger partial charge in [-0.2, -0.15) is 0 Å². The van der Waals surface area contributed by atoms with E-state index in [0.29, 0.717) is 12.6 Å². The highest BCUT2D eigenvalue weighted by Gasteiger charge is 2.53. The first kappa shape index (κ1) is 17.9. The van der Waals surface area contributed by atoms with E-state index < -0.39 is 9.84 Å². The minimum Gasteiger partial charge on any atom is -0.381 e. The van der Waals surface area contributed by atoms with Gasteiger partial charge in [-0.25, -0.2) is 8.42 Å². The van der Waals surface area contributed by atoms with Crippen molar-refractivity contribution in [2.24, 2.45) is 5.92 Å². The van der Waals surface area contributed by atoms with Crippen LogP contribution in [-0.2, 0) is 25.8 Å². The van der Waals surface area contributed by atoms with Crippen molar-refractivity contribution in [2.45, 2.75) is 36.6 Å². The van der Waals surface area contributed by atoms with Crippen LogP contribution in [0.2, 0.25) is 0 Å². The third kappa shape index (κ3) is 3.63. The van der Waals surface area contributed by atoms with Crippen LogP contribution >= 0.6 is 0 Å². The number of likely N-dealkylation sites (tertiary alicyclic amines) is 1. The van der Waals surface area contributed by atoms with Crippen LogP contribution in [0.1, 0.15) is 18.4 Å². The smallest absolute Gasteiger partial charge is 0.224 e. The van der Waals surface area contributed by atoms with Crippen LogP contribution in [0.25, 0.3) is 0 Å². The number of pyridine rings is 1. The fraction of sp³-hybridized carbons (Fsp3) is 0.667. The molecule has 0 saturated carbocycles. The SMILES string of the molecule is O=C(Cc1cccnc1)N[C@@H]1CS(=O)(=O)[C@H]2CN(C3CCOCC3)C[C@@H]12. The highest BCUT2D eigenvalue weighted by Crippen LogP contribution is 2.36. The molecule has 4 heterocycles. The zero-order valence-corrected chi connectivity index (χ0v) is 15.5. The zero-order valence-electron chi connectivity index (χ0n) is 14.7. The minimum atomic E-state index is -3.16. The summed E-state index contributed by atoms with van der Waals surface area (Å²) in [5, 5.41) is 2.63. The molecule has 0 radical (unpaired) electrons. The summed E-state index contributed by atoms with van der Waals surface area (Å²) in [5.74, 6) is -0.0908. The van der Waals surface area contributed by atoms with E-state index in [-0.39, 0.29) is 35.3 Å². The van der Waals surface area contributed by atoms with Gasteiger partial charge in [-0.3, -0.25) is 14.7 Å². The lowest BCUT2D eigenvalue weighted by molar-refractivity contribution is -0.121. The second kappa shape index (κ2) is 7.25. The summed E-state index contributed by atoms with van der Waals surface area (Å²) in [6.07, 6.45) is 5.47. The fourth-order valence-electron chi connectivity index (χ4n) is 4.54. The Balaban J connectivity index is 1.41. The van der Waals surface area contributed by atoms with Crippen LogP contribution in [0.5, 0.6) is 0 Å². The number of hydrogen-bond donors (Lipinski definition) is 1. The van der Waals surface area contributed by atoms with E-state index in [1.807, 2.05) is 6.07 Å². The quantitative estimate of drug-likeness (QED) is 0.793. The van der Waals surface area contributed by atoms with E-state index >= 15 is 0 Å². The molecule has 3 atom stereocenters. The number of amides is 1. The predicted octanol–water partition coefficient (Wildman–Crippen LogP) is 0.0167. The van der Waals surface area contributed by atoms with Crippen molar-refractivity contribution in [1.82, 2.24) is 15.2 Å². The van der Waals surface area contributed by atoms with Crippen LogP contribution < -0.4 is 5.32 Å². The molecule has 4 rings (SSSR count). The van der Waals surface area contributed by atoms with Gasteiger partial charge in [0.15, 0.2) is 9.84 Å². The molecule has 3 aliphatic heterocycles. The van der Waals surface area contributed by atoms with E-state index in [1.165, 1.54) is 0 Å². The van der Waals surface area contributed by atoms with Gasteiger partial charge in [-0.1, -0.05) is 6.07 Å². The monoisotopic (exact) mass is 379 g/mol. The van der Waals surface area contributed by atoms with Gasteiger partial charge >= 0.3 is 0 Å². The molecule has 3 fully saturated rings. The van der Waals surface area contributed by atoms with Crippen molar-refractivity contribution in [3.05, 3.63) is 30.1 Å². The molecule has 3 aliphatic rings. The van der Waals surface area contributed by atoms with Gasteiger partial charge in [0.2, 0.25) is 5.91 Å². The molecule has 0 aliphatic carbocycles. The van der Waals surface area contributed by atoms with Gasteiger partial charge in [-0.15, -0.1) is 0 Å². The first-order valence-electron chi connectivity index (χ1n) is 9.24. The molecule has 0 aromatic carbocycles. The first-order chi connectivity index (χ1) is 12.5. The average Bonchev–Trinajstić information content (AvgIpc) is 3.17. The van der Waals surface area contributed by atoms with Crippen molar-refractivity contribution >= 4 is 15.7 Å². The Morgan fingerprint density at radius 2 is 2.12 bits per heavy atom. The summed E-state index contributed by atoms with van der Waals surface area (Å²) in [7, 11) is -3.16. The maximum absolute atomic E-state index is 12.6. The lowest BCUT2D eigenvalue weighted by Crippen LogP contribution is -2.44. The number of rotatable bonds is 4. The third-order valence-electron chi connectivity index (χ3n) is 5.87. The molecule has 3 saturated heterocycles. The lowest BCUT2D eigenvalue weighted by Gasteiger charge is -2.32. The summed E-state index contributed by atoms with van der Waals surface area (Å²) >= 11 is 0. The molecule has 1 amide bonds. The van der Waals surface area contributed by atoms with Gasteiger partial charge in [0.05, 0.1) is 17.4 Å². The molecule has 1 aromatic rings. The summed E-state index contributed by atoms with van der Waals surface area (Å²) in [5.41, 5.74) is 0.831. The number of sulfone groups is 1. The predicted molar refractivity (Wildman–Crippen MR) is 96.4 cm³/mol. The highest BCUT2D eigenvalue weighted by atomic mass is 32.2. The molecule has 0 bridgehead atoms. The number of carbonyl (C=O) groups is 1. The second-order valence-corrected chi connectivity index (χ2v) is 9.81. The minimum absolute atomic E-state index is 0.0132. The zero-order chi connectivity index (χ0) is 18.1. The fourth-order valence-corrected chi connectivity index (χ4v) is 6.84. The molecule has 1 aromatic heterocycles. The molecular weight excluding hydrogens is 354 g/mol. The molecule has 142 valence electrons. The van der Waals surface area contributed by atoms with Crippen LogP contribution in [-0.4, -0.2) is 73.6 Å². The maximum Gasteiger partial charge on any atom is 0.224 e. The van der Waals surface area contributed by atoms with E-state index in [9.17, 15) is 13.2 Å². The Morgan fingerprint density at radius 1 is 1.31 bits per heavy atom. The number of aromatic nitrogens is 1. The van der Waals surface area contributed by atoms with Gasteiger partial charge in [0, 0.05) is 56.7 Å². The Kier molecular flexibility index (Phi) is 4.98. The Labute approximate surface area is 154 Å². The van der Waals surface area contributed by atoms with E-state index in [0.717, 1.165) is 38.2 Å². The second-order valence-electron chi connectivity index (χ2n) is 7.54. The molecular formula is C18H25N3O4S. The number of nitrogens with zero attached hydrogens (tertiary/aromatic N) is 2. The van der Waals surface area contributed by atoms with Crippen LogP contribution in [0.15, 0.2) is 24.5 Å². The summed E-state index contributed by atoms with van der Waals surface area (Å²) < 4.78 is 30.6. The average molecular weight is 379 g/mol. The normalized spacial score (nSPS) is 31.6. The van der Waals surface area contributed by atoms with Crippen molar-refractivity contribution in [1.29, 1.82) is 0 Å². The van der Waals surface area contributed by atoms with Gasteiger partial charge in [0.25, 0.3) is 0 Å². The molecule has 7 nitrogen and oxygen atoms in total. The highest BCUT2D eigenvalue weighted by molar-refractivity contribution is 7.92. The summed E-state index contributed by atoms with van der Waals surface area (Å²) in [4.78, 5) is 18.7. The van der Waals surface area contributed by atoms with Crippen molar-refractivity contribution in [2.75, 3.05) is 32.1 Å². The van der Waals surface area contributed by atoms with E-state index in [4.69, 9.17) is 4.74 Å². The van der Waals surface area contributed by atoms with Crippen LogP contribution in [0.4, 0.5) is 0 Å².